The molecule has 0 aromatic heterocycles. The number of hydrogen-bond donors (Lipinski definition) is 3. The van der Waals surface area contributed by atoms with Gasteiger partial charge in [0.2, 0.25) is 0 Å². The van der Waals surface area contributed by atoms with Crippen molar-refractivity contribution in [1.29, 1.82) is 0 Å². The normalized spacial score (nSPS) is 10.3. The van der Waals surface area contributed by atoms with E-state index in [0.717, 1.165) is 17.2 Å². The SMILES string of the molecule is O=C(COC(=O)c1cc([N+](=O)[O-])ccc1NCCO)Nc1ccccc1Cc1ccccc1. The van der Waals surface area contributed by atoms with Gasteiger partial charge in [0.15, 0.2) is 6.61 Å². The molecule has 0 heterocycles. The summed E-state index contributed by atoms with van der Waals surface area (Å²) in [5.41, 5.74) is 2.44. The molecule has 3 aromatic carbocycles. The number of nitro groups is 1. The molecule has 9 heteroatoms. The lowest BCUT2D eigenvalue weighted by molar-refractivity contribution is -0.384. The minimum Gasteiger partial charge on any atom is -0.452 e. The first-order valence-corrected chi connectivity index (χ1v) is 10.2. The van der Waals surface area contributed by atoms with Gasteiger partial charge in [-0.2, -0.15) is 0 Å². The van der Waals surface area contributed by atoms with Crippen LogP contribution in [0.2, 0.25) is 0 Å². The van der Waals surface area contributed by atoms with E-state index in [9.17, 15) is 19.7 Å². The summed E-state index contributed by atoms with van der Waals surface area (Å²) >= 11 is 0. The van der Waals surface area contributed by atoms with Gasteiger partial charge in [0, 0.05) is 30.1 Å². The van der Waals surface area contributed by atoms with Crippen LogP contribution >= 0.6 is 0 Å². The molecule has 0 spiro atoms. The Morgan fingerprint density at radius 2 is 1.70 bits per heavy atom. The van der Waals surface area contributed by atoms with Crippen LogP contribution in [0.5, 0.6) is 0 Å². The molecule has 9 nitrogen and oxygen atoms in total. The van der Waals surface area contributed by atoms with Crippen LogP contribution < -0.4 is 10.6 Å². The number of amides is 1. The van der Waals surface area contributed by atoms with Gasteiger partial charge in [0.05, 0.1) is 17.1 Å². The number of nitrogens with one attached hydrogen (secondary N) is 2. The van der Waals surface area contributed by atoms with Gasteiger partial charge >= 0.3 is 5.97 Å². The molecule has 3 N–H and O–H groups in total. The number of ether oxygens (including phenoxy) is 1. The molecule has 3 rings (SSSR count). The quantitative estimate of drug-likeness (QED) is 0.246. The summed E-state index contributed by atoms with van der Waals surface area (Å²) in [6.45, 7) is -0.631. The van der Waals surface area contributed by atoms with Crippen molar-refractivity contribution < 1.29 is 24.4 Å². The Morgan fingerprint density at radius 3 is 2.42 bits per heavy atom. The van der Waals surface area contributed by atoms with Crippen molar-refractivity contribution in [3.05, 3.63) is 99.6 Å². The summed E-state index contributed by atoms with van der Waals surface area (Å²) in [6, 6.07) is 20.7. The number of nitro benzene ring substituents is 1. The number of aliphatic hydroxyl groups excluding tert-OH is 1. The van der Waals surface area contributed by atoms with E-state index in [1.54, 1.807) is 12.1 Å². The van der Waals surface area contributed by atoms with Gasteiger partial charge in [-0.25, -0.2) is 4.79 Å². The van der Waals surface area contributed by atoms with Crippen molar-refractivity contribution in [2.45, 2.75) is 6.42 Å². The number of hydrogen-bond acceptors (Lipinski definition) is 7. The molecule has 33 heavy (non-hydrogen) atoms. The second kappa shape index (κ2) is 11.4. The van der Waals surface area contributed by atoms with Crippen molar-refractivity contribution in [1.82, 2.24) is 0 Å². The summed E-state index contributed by atoms with van der Waals surface area (Å²) in [5.74, 6) is -1.44. The lowest BCUT2D eigenvalue weighted by Crippen LogP contribution is -2.22. The zero-order valence-corrected chi connectivity index (χ0v) is 17.7. The number of non-ortho nitro benzene ring substituents is 1. The van der Waals surface area contributed by atoms with Crippen LogP contribution in [-0.2, 0) is 16.0 Å². The first-order valence-electron chi connectivity index (χ1n) is 10.2. The predicted octanol–water partition coefficient (Wildman–Crippen LogP) is 3.39. The molecule has 0 unspecified atom stereocenters. The molecule has 0 aliphatic heterocycles. The van der Waals surface area contributed by atoms with Crippen LogP contribution in [0, 0.1) is 10.1 Å². The third kappa shape index (κ3) is 6.62. The standard InChI is InChI=1S/C24H23N3O6/c28-13-12-25-22-11-10-19(27(31)32)15-20(22)24(30)33-16-23(29)26-21-9-5-4-8-18(21)14-17-6-2-1-3-7-17/h1-11,15,25,28H,12-14,16H2,(H,26,29). The van der Waals surface area contributed by atoms with E-state index >= 15 is 0 Å². The Hall–Kier alpha value is -4.24. The predicted molar refractivity (Wildman–Crippen MR) is 123 cm³/mol. The van der Waals surface area contributed by atoms with E-state index in [1.807, 2.05) is 42.5 Å². The third-order valence-electron chi connectivity index (χ3n) is 4.72. The summed E-state index contributed by atoms with van der Waals surface area (Å²) in [4.78, 5) is 35.4. The number of benzene rings is 3. The second-order valence-corrected chi connectivity index (χ2v) is 7.08. The smallest absolute Gasteiger partial charge is 0.341 e. The molecule has 0 atom stereocenters. The Bertz CT molecular complexity index is 1130. The van der Waals surface area contributed by atoms with E-state index in [2.05, 4.69) is 10.6 Å². The van der Waals surface area contributed by atoms with Crippen LogP contribution in [-0.4, -0.2) is 41.7 Å². The van der Waals surface area contributed by atoms with Crippen LogP contribution in [0.3, 0.4) is 0 Å². The number of carbonyl (C=O) groups is 2. The molecule has 1 amide bonds. The van der Waals surface area contributed by atoms with Gasteiger partial charge in [-0.05, 0) is 29.7 Å². The van der Waals surface area contributed by atoms with Gasteiger partial charge in [-0.3, -0.25) is 14.9 Å². The molecule has 0 radical (unpaired) electrons. The van der Waals surface area contributed by atoms with Crippen molar-refractivity contribution in [3.8, 4) is 0 Å². The molecule has 170 valence electrons. The molecule has 0 aliphatic carbocycles. The van der Waals surface area contributed by atoms with E-state index in [-0.39, 0.29) is 30.1 Å². The lowest BCUT2D eigenvalue weighted by atomic mass is 10.0. The van der Waals surface area contributed by atoms with Gasteiger partial charge in [-0.1, -0.05) is 48.5 Å². The summed E-state index contributed by atoms with van der Waals surface area (Å²) < 4.78 is 5.10. The fourth-order valence-electron chi connectivity index (χ4n) is 3.17. The van der Waals surface area contributed by atoms with E-state index in [0.29, 0.717) is 12.1 Å². The average molecular weight is 449 g/mol. The van der Waals surface area contributed by atoms with Gasteiger partial charge in [0.25, 0.3) is 11.6 Å². The summed E-state index contributed by atoms with van der Waals surface area (Å²) in [5, 5.41) is 25.6. The topological polar surface area (TPSA) is 131 Å². The average Bonchev–Trinajstić information content (AvgIpc) is 2.83. The fraction of sp³-hybridized carbons (Fsp3) is 0.167. The van der Waals surface area contributed by atoms with E-state index in [1.165, 1.54) is 12.1 Å². The van der Waals surface area contributed by atoms with Gasteiger partial charge < -0.3 is 20.5 Å². The Kier molecular flexibility index (Phi) is 8.09. The number of anilines is 2. The Labute approximate surface area is 190 Å². The maximum Gasteiger partial charge on any atom is 0.341 e. The molecule has 0 bridgehead atoms. The molecular weight excluding hydrogens is 426 g/mol. The monoisotopic (exact) mass is 449 g/mol. The van der Waals surface area contributed by atoms with Crippen molar-refractivity contribution in [3.63, 3.8) is 0 Å². The van der Waals surface area contributed by atoms with Crippen molar-refractivity contribution >= 4 is 28.9 Å². The number of nitrogens with zero attached hydrogens (tertiary/aromatic N) is 1. The van der Waals surface area contributed by atoms with Crippen LogP contribution in [0.1, 0.15) is 21.5 Å². The molecule has 0 fully saturated rings. The number of para-hydroxylation sites is 1. The van der Waals surface area contributed by atoms with Gasteiger partial charge in [0.1, 0.15) is 0 Å². The molecular formula is C24H23N3O6. The third-order valence-corrected chi connectivity index (χ3v) is 4.72. The lowest BCUT2D eigenvalue weighted by Gasteiger charge is -2.13. The highest BCUT2D eigenvalue weighted by Gasteiger charge is 2.19. The maximum atomic E-state index is 12.5. The molecule has 0 saturated carbocycles. The highest BCUT2D eigenvalue weighted by molar-refractivity contribution is 5.99. The van der Waals surface area contributed by atoms with Crippen LogP contribution in [0.4, 0.5) is 17.1 Å². The van der Waals surface area contributed by atoms with E-state index in [4.69, 9.17) is 9.84 Å². The fourth-order valence-corrected chi connectivity index (χ4v) is 3.17. The number of carbonyl (C=O) groups excluding carboxylic acids is 2. The zero-order chi connectivity index (χ0) is 23.6. The number of aliphatic hydroxyl groups is 1. The van der Waals surface area contributed by atoms with Gasteiger partial charge in [-0.15, -0.1) is 0 Å². The highest BCUT2D eigenvalue weighted by Crippen LogP contribution is 2.23. The number of esters is 1. The first kappa shape index (κ1) is 23.4. The van der Waals surface area contributed by atoms with Crippen LogP contribution in [0.25, 0.3) is 0 Å². The second-order valence-electron chi connectivity index (χ2n) is 7.08. The van der Waals surface area contributed by atoms with Crippen LogP contribution in [0.15, 0.2) is 72.8 Å². The summed E-state index contributed by atoms with van der Waals surface area (Å²) in [7, 11) is 0. The molecule has 3 aromatic rings. The highest BCUT2D eigenvalue weighted by atomic mass is 16.6. The van der Waals surface area contributed by atoms with Crippen molar-refractivity contribution in [2.24, 2.45) is 0 Å². The minimum atomic E-state index is -0.896. The van der Waals surface area contributed by atoms with E-state index < -0.39 is 23.4 Å². The zero-order valence-electron chi connectivity index (χ0n) is 17.7. The largest absolute Gasteiger partial charge is 0.452 e. The first-order chi connectivity index (χ1) is 16.0. The van der Waals surface area contributed by atoms with Crippen molar-refractivity contribution in [2.75, 3.05) is 30.4 Å². The molecule has 0 aliphatic rings. The Balaban J connectivity index is 1.66. The minimum absolute atomic E-state index is 0.102. The Morgan fingerprint density at radius 1 is 0.970 bits per heavy atom. The maximum absolute atomic E-state index is 12.5. The molecule has 0 saturated heterocycles. The number of rotatable bonds is 10. The summed E-state index contributed by atoms with van der Waals surface area (Å²) in [6.07, 6.45) is 0.616.